The SMILES string of the molecule is N#CCC1CCC(S)CC1. The second kappa shape index (κ2) is 3.88. The number of rotatable bonds is 1. The number of thiol groups is 1. The van der Waals surface area contributed by atoms with E-state index in [9.17, 15) is 0 Å². The first-order chi connectivity index (χ1) is 4.83. The van der Waals surface area contributed by atoms with Crippen molar-refractivity contribution in [2.75, 3.05) is 0 Å². The maximum absolute atomic E-state index is 8.42. The third-order valence-corrected chi connectivity index (χ3v) is 2.71. The van der Waals surface area contributed by atoms with E-state index in [4.69, 9.17) is 5.26 Å². The van der Waals surface area contributed by atoms with Crippen LogP contribution < -0.4 is 0 Å². The summed E-state index contributed by atoms with van der Waals surface area (Å²) in [6.07, 6.45) is 5.58. The van der Waals surface area contributed by atoms with Crippen molar-refractivity contribution in [2.24, 2.45) is 5.92 Å². The zero-order valence-corrected chi connectivity index (χ0v) is 6.98. The van der Waals surface area contributed by atoms with Gasteiger partial charge in [-0.05, 0) is 31.6 Å². The summed E-state index contributed by atoms with van der Waals surface area (Å²) in [4.78, 5) is 0. The first-order valence-electron chi connectivity index (χ1n) is 3.88. The van der Waals surface area contributed by atoms with Gasteiger partial charge in [0.2, 0.25) is 0 Å². The monoisotopic (exact) mass is 155 g/mol. The molecule has 1 rings (SSSR count). The van der Waals surface area contributed by atoms with Crippen molar-refractivity contribution >= 4 is 12.6 Å². The lowest BCUT2D eigenvalue weighted by atomic mass is 9.87. The summed E-state index contributed by atoms with van der Waals surface area (Å²) in [5, 5.41) is 9.02. The Balaban J connectivity index is 2.21. The molecule has 1 nitrogen and oxygen atoms in total. The van der Waals surface area contributed by atoms with Crippen molar-refractivity contribution in [2.45, 2.75) is 37.4 Å². The lowest BCUT2D eigenvalue weighted by molar-refractivity contribution is 0.372. The highest BCUT2D eigenvalue weighted by molar-refractivity contribution is 7.80. The topological polar surface area (TPSA) is 23.8 Å². The second-order valence-corrected chi connectivity index (χ2v) is 3.77. The number of hydrogen-bond donors (Lipinski definition) is 1. The summed E-state index contributed by atoms with van der Waals surface area (Å²) in [6.45, 7) is 0. The molecule has 0 heterocycles. The van der Waals surface area contributed by atoms with Gasteiger partial charge < -0.3 is 0 Å². The Morgan fingerprint density at radius 3 is 2.40 bits per heavy atom. The Bertz CT molecular complexity index is 131. The van der Waals surface area contributed by atoms with Crippen LogP contribution in [-0.4, -0.2) is 5.25 Å². The van der Waals surface area contributed by atoms with Gasteiger partial charge in [-0.15, -0.1) is 0 Å². The molecule has 0 aromatic heterocycles. The van der Waals surface area contributed by atoms with Crippen molar-refractivity contribution in [3.8, 4) is 6.07 Å². The van der Waals surface area contributed by atoms with E-state index in [-0.39, 0.29) is 0 Å². The lowest BCUT2D eigenvalue weighted by Crippen LogP contribution is -2.13. The number of hydrogen-bond acceptors (Lipinski definition) is 2. The van der Waals surface area contributed by atoms with Crippen LogP contribution in [0, 0.1) is 17.2 Å². The molecule has 1 fully saturated rings. The van der Waals surface area contributed by atoms with E-state index >= 15 is 0 Å². The van der Waals surface area contributed by atoms with Gasteiger partial charge in [0.1, 0.15) is 0 Å². The molecule has 0 amide bonds. The van der Waals surface area contributed by atoms with Gasteiger partial charge in [0.15, 0.2) is 0 Å². The Morgan fingerprint density at radius 2 is 1.90 bits per heavy atom. The summed E-state index contributed by atoms with van der Waals surface area (Å²) in [6, 6.07) is 2.23. The average Bonchev–Trinajstić information content (AvgIpc) is 1.95. The quantitative estimate of drug-likeness (QED) is 0.577. The third-order valence-electron chi connectivity index (χ3n) is 2.20. The van der Waals surface area contributed by atoms with Crippen LogP contribution in [0.4, 0.5) is 0 Å². The largest absolute Gasteiger partial charge is 0.198 e. The molecule has 0 unspecified atom stereocenters. The van der Waals surface area contributed by atoms with Gasteiger partial charge in [0, 0.05) is 11.7 Å². The molecule has 0 radical (unpaired) electrons. The van der Waals surface area contributed by atoms with Crippen LogP contribution in [0.2, 0.25) is 0 Å². The lowest BCUT2D eigenvalue weighted by Gasteiger charge is -2.23. The van der Waals surface area contributed by atoms with Crippen LogP contribution in [-0.2, 0) is 0 Å². The van der Waals surface area contributed by atoms with Crippen molar-refractivity contribution in [3.63, 3.8) is 0 Å². The molecule has 1 aliphatic carbocycles. The Labute approximate surface area is 67.8 Å². The minimum atomic E-state index is 0.606. The highest BCUT2D eigenvalue weighted by Crippen LogP contribution is 2.28. The predicted molar refractivity (Wildman–Crippen MR) is 45.0 cm³/mol. The molecule has 0 saturated heterocycles. The second-order valence-electron chi connectivity index (χ2n) is 3.04. The van der Waals surface area contributed by atoms with E-state index in [1.165, 1.54) is 25.7 Å². The van der Waals surface area contributed by atoms with E-state index in [1.54, 1.807) is 0 Å². The Kier molecular flexibility index (Phi) is 3.08. The molecule has 1 saturated carbocycles. The Hall–Kier alpha value is -0.160. The van der Waals surface area contributed by atoms with Gasteiger partial charge in [-0.2, -0.15) is 17.9 Å². The fourth-order valence-corrected chi connectivity index (χ4v) is 1.78. The van der Waals surface area contributed by atoms with Gasteiger partial charge in [0.05, 0.1) is 6.07 Å². The molecule has 0 N–H and O–H groups in total. The molecule has 10 heavy (non-hydrogen) atoms. The van der Waals surface area contributed by atoms with Crippen LogP contribution in [0.5, 0.6) is 0 Å². The first-order valence-corrected chi connectivity index (χ1v) is 4.39. The summed E-state index contributed by atoms with van der Waals surface area (Å²) in [7, 11) is 0. The van der Waals surface area contributed by atoms with E-state index in [1.807, 2.05) is 0 Å². The van der Waals surface area contributed by atoms with Crippen molar-refractivity contribution < 1.29 is 0 Å². The number of nitriles is 1. The maximum Gasteiger partial charge on any atom is 0.0624 e. The standard InChI is InChI=1S/C8H13NS/c9-6-5-7-1-3-8(10)4-2-7/h7-8,10H,1-5H2. The molecule has 0 atom stereocenters. The van der Waals surface area contributed by atoms with E-state index < -0.39 is 0 Å². The van der Waals surface area contributed by atoms with Crippen molar-refractivity contribution in [1.82, 2.24) is 0 Å². The predicted octanol–water partition coefficient (Wildman–Crippen LogP) is 2.39. The van der Waals surface area contributed by atoms with E-state index in [0.29, 0.717) is 11.2 Å². The van der Waals surface area contributed by atoms with E-state index in [0.717, 1.165) is 6.42 Å². The summed E-state index contributed by atoms with van der Waals surface area (Å²) in [5.74, 6) is 0.674. The van der Waals surface area contributed by atoms with Gasteiger partial charge in [-0.25, -0.2) is 0 Å². The fraction of sp³-hybridized carbons (Fsp3) is 0.875. The fourth-order valence-electron chi connectivity index (χ4n) is 1.48. The van der Waals surface area contributed by atoms with Gasteiger partial charge in [0.25, 0.3) is 0 Å². The van der Waals surface area contributed by atoms with Crippen LogP contribution in [0.3, 0.4) is 0 Å². The van der Waals surface area contributed by atoms with Gasteiger partial charge in [-0.1, -0.05) is 0 Å². The normalized spacial score (nSPS) is 33.2. The zero-order valence-electron chi connectivity index (χ0n) is 6.08. The van der Waals surface area contributed by atoms with Crippen LogP contribution in [0.1, 0.15) is 32.1 Å². The minimum absolute atomic E-state index is 0.606. The molecule has 0 aromatic rings. The molecule has 2 heteroatoms. The van der Waals surface area contributed by atoms with Crippen molar-refractivity contribution in [3.05, 3.63) is 0 Å². The van der Waals surface area contributed by atoms with E-state index in [2.05, 4.69) is 18.7 Å². The van der Waals surface area contributed by atoms with Crippen LogP contribution >= 0.6 is 12.6 Å². The van der Waals surface area contributed by atoms with Crippen molar-refractivity contribution in [1.29, 1.82) is 5.26 Å². The summed E-state index contributed by atoms with van der Waals surface area (Å²) >= 11 is 4.39. The third kappa shape index (κ3) is 2.22. The summed E-state index contributed by atoms with van der Waals surface area (Å²) in [5.41, 5.74) is 0. The molecule has 0 spiro atoms. The van der Waals surface area contributed by atoms with Gasteiger partial charge in [-0.3, -0.25) is 0 Å². The van der Waals surface area contributed by atoms with Crippen LogP contribution in [0.15, 0.2) is 0 Å². The molecular formula is C8H13NS. The smallest absolute Gasteiger partial charge is 0.0624 e. The van der Waals surface area contributed by atoms with Gasteiger partial charge >= 0.3 is 0 Å². The molecule has 0 aliphatic heterocycles. The van der Waals surface area contributed by atoms with Crippen LogP contribution in [0.25, 0.3) is 0 Å². The highest BCUT2D eigenvalue weighted by Gasteiger charge is 2.17. The minimum Gasteiger partial charge on any atom is -0.198 e. The first kappa shape index (κ1) is 7.94. The summed E-state index contributed by atoms with van der Waals surface area (Å²) < 4.78 is 0. The molecule has 0 bridgehead atoms. The molecule has 56 valence electrons. The molecular weight excluding hydrogens is 142 g/mol. The zero-order chi connectivity index (χ0) is 7.40. The molecule has 0 aromatic carbocycles. The Morgan fingerprint density at radius 1 is 1.30 bits per heavy atom. The number of nitrogens with zero attached hydrogens (tertiary/aromatic N) is 1. The highest BCUT2D eigenvalue weighted by atomic mass is 32.1. The molecule has 1 aliphatic rings. The average molecular weight is 155 g/mol. The maximum atomic E-state index is 8.42.